The summed E-state index contributed by atoms with van der Waals surface area (Å²) in [5.41, 5.74) is 1.46. The third-order valence-corrected chi connectivity index (χ3v) is 4.06. The summed E-state index contributed by atoms with van der Waals surface area (Å²) in [6.07, 6.45) is 1.77. The van der Waals surface area contributed by atoms with Crippen LogP contribution in [0.1, 0.15) is 41.7 Å². The van der Waals surface area contributed by atoms with E-state index in [9.17, 15) is 9.59 Å². The van der Waals surface area contributed by atoms with Crippen molar-refractivity contribution in [2.45, 2.75) is 25.8 Å². The van der Waals surface area contributed by atoms with E-state index >= 15 is 0 Å². The first kappa shape index (κ1) is 18.2. The lowest BCUT2D eigenvalue weighted by Crippen LogP contribution is -2.32. The molecule has 0 aromatic heterocycles. The van der Waals surface area contributed by atoms with Crippen molar-refractivity contribution in [3.8, 4) is 0 Å². The number of halogens is 1. The van der Waals surface area contributed by atoms with Crippen LogP contribution in [-0.4, -0.2) is 18.5 Å². The fourth-order valence-electron chi connectivity index (χ4n) is 2.33. The van der Waals surface area contributed by atoms with Crippen molar-refractivity contribution in [3.63, 3.8) is 0 Å². The van der Waals surface area contributed by atoms with Crippen LogP contribution < -0.4 is 5.32 Å². The Morgan fingerprint density at radius 1 is 1.08 bits per heavy atom. The van der Waals surface area contributed by atoms with Gasteiger partial charge in [-0.1, -0.05) is 59.6 Å². The molecule has 1 unspecified atom stereocenters. The van der Waals surface area contributed by atoms with E-state index in [1.165, 1.54) is 0 Å². The molecule has 0 aliphatic carbocycles. The standard InChI is InChI=1S/C19H20BrNO3/c1-2-6-17(14-7-4-3-5-8-14)21-18(22)13-24-19(23)15-9-11-16(20)12-10-15/h3-5,7-12,17H,2,6,13H2,1H3,(H,21,22). The molecule has 1 amide bonds. The highest BCUT2D eigenvalue weighted by molar-refractivity contribution is 9.10. The van der Waals surface area contributed by atoms with Crippen LogP contribution in [0.4, 0.5) is 0 Å². The van der Waals surface area contributed by atoms with Gasteiger partial charge in [0.2, 0.25) is 0 Å². The topological polar surface area (TPSA) is 55.4 Å². The Morgan fingerprint density at radius 2 is 1.75 bits per heavy atom. The van der Waals surface area contributed by atoms with Crippen LogP contribution in [0.5, 0.6) is 0 Å². The fourth-order valence-corrected chi connectivity index (χ4v) is 2.60. The molecule has 0 saturated carbocycles. The van der Waals surface area contributed by atoms with Crippen molar-refractivity contribution in [1.82, 2.24) is 5.32 Å². The van der Waals surface area contributed by atoms with E-state index < -0.39 is 5.97 Å². The van der Waals surface area contributed by atoms with Gasteiger partial charge in [-0.15, -0.1) is 0 Å². The number of carbonyl (C=O) groups is 2. The van der Waals surface area contributed by atoms with Crippen LogP contribution >= 0.6 is 15.9 Å². The predicted octanol–water partition coefficient (Wildman–Crippen LogP) is 4.26. The Labute approximate surface area is 150 Å². The minimum atomic E-state index is -0.510. The molecule has 0 radical (unpaired) electrons. The molecule has 0 saturated heterocycles. The summed E-state index contributed by atoms with van der Waals surface area (Å²) in [6.45, 7) is 1.78. The fraction of sp³-hybridized carbons (Fsp3) is 0.263. The van der Waals surface area contributed by atoms with Crippen LogP contribution in [0.3, 0.4) is 0 Å². The van der Waals surface area contributed by atoms with Gasteiger partial charge in [0, 0.05) is 4.47 Å². The quantitative estimate of drug-likeness (QED) is 0.719. The molecule has 0 spiro atoms. The average molecular weight is 390 g/mol. The zero-order valence-electron chi connectivity index (χ0n) is 13.5. The maximum Gasteiger partial charge on any atom is 0.338 e. The van der Waals surface area contributed by atoms with Crippen molar-refractivity contribution in [1.29, 1.82) is 0 Å². The minimum Gasteiger partial charge on any atom is -0.452 e. The van der Waals surface area contributed by atoms with Crippen LogP contribution in [-0.2, 0) is 9.53 Å². The van der Waals surface area contributed by atoms with E-state index in [0.717, 1.165) is 22.9 Å². The third-order valence-electron chi connectivity index (χ3n) is 3.53. The Bertz CT molecular complexity index is 671. The Balaban J connectivity index is 1.89. The number of amides is 1. The number of nitrogens with one attached hydrogen (secondary N) is 1. The summed E-state index contributed by atoms with van der Waals surface area (Å²) in [6, 6.07) is 16.5. The molecular weight excluding hydrogens is 370 g/mol. The number of carbonyl (C=O) groups excluding carboxylic acids is 2. The normalized spacial score (nSPS) is 11.6. The molecule has 126 valence electrons. The Hall–Kier alpha value is -2.14. The van der Waals surface area contributed by atoms with Gasteiger partial charge in [-0.25, -0.2) is 4.79 Å². The van der Waals surface area contributed by atoms with Gasteiger partial charge < -0.3 is 10.1 Å². The molecule has 1 atom stereocenters. The van der Waals surface area contributed by atoms with Crippen LogP contribution in [0.2, 0.25) is 0 Å². The van der Waals surface area contributed by atoms with Gasteiger partial charge in [0.05, 0.1) is 11.6 Å². The van der Waals surface area contributed by atoms with Crippen LogP contribution in [0.25, 0.3) is 0 Å². The van der Waals surface area contributed by atoms with E-state index in [-0.39, 0.29) is 18.6 Å². The number of rotatable bonds is 7. The number of hydrogen-bond donors (Lipinski definition) is 1. The molecule has 0 aliphatic rings. The number of ether oxygens (including phenoxy) is 1. The van der Waals surface area contributed by atoms with Gasteiger partial charge in [0.1, 0.15) is 0 Å². The molecule has 4 nitrogen and oxygen atoms in total. The molecule has 0 fully saturated rings. The van der Waals surface area contributed by atoms with E-state index in [4.69, 9.17) is 4.74 Å². The van der Waals surface area contributed by atoms with Gasteiger partial charge in [-0.05, 0) is 36.2 Å². The summed E-state index contributed by atoms with van der Waals surface area (Å²) in [5, 5.41) is 2.93. The lowest BCUT2D eigenvalue weighted by Gasteiger charge is -2.18. The first-order valence-electron chi connectivity index (χ1n) is 7.87. The highest BCUT2D eigenvalue weighted by Gasteiger charge is 2.15. The molecule has 2 aromatic carbocycles. The minimum absolute atomic E-state index is 0.0740. The molecular formula is C19H20BrNO3. The van der Waals surface area contributed by atoms with Crippen molar-refractivity contribution in [2.75, 3.05) is 6.61 Å². The zero-order chi connectivity index (χ0) is 17.4. The molecule has 0 heterocycles. The maximum absolute atomic E-state index is 12.1. The summed E-state index contributed by atoms with van der Waals surface area (Å²) in [5.74, 6) is -0.813. The van der Waals surface area contributed by atoms with E-state index in [1.54, 1.807) is 24.3 Å². The summed E-state index contributed by atoms with van der Waals surface area (Å²) in [7, 11) is 0. The zero-order valence-corrected chi connectivity index (χ0v) is 15.1. The van der Waals surface area contributed by atoms with E-state index in [1.807, 2.05) is 30.3 Å². The van der Waals surface area contributed by atoms with Crippen molar-refractivity contribution in [3.05, 3.63) is 70.2 Å². The van der Waals surface area contributed by atoms with Crippen LogP contribution in [0.15, 0.2) is 59.1 Å². The highest BCUT2D eigenvalue weighted by Crippen LogP contribution is 2.18. The second-order valence-corrected chi connectivity index (χ2v) is 6.32. The second kappa shape index (κ2) is 9.23. The van der Waals surface area contributed by atoms with E-state index in [2.05, 4.69) is 28.2 Å². The largest absolute Gasteiger partial charge is 0.452 e. The van der Waals surface area contributed by atoms with Crippen molar-refractivity contribution in [2.24, 2.45) is 0 Å². The van der Waals surface area contributed by atoms with Gasteiger partial charge in [0.15, 0.2) is 6.61 Å². The Kier molecular flexibility index (Phi) is 7.00. The Morgan fingerprint density at radius 3 is 2.38 bits per heavy atom. The van der Waals surface area contributed by atoms with Gasteiger partial charge in [-0.2, -0.15) is 0 Å². The second-order valence-electron chi connectivity index (χ2n) is 5.40. The van der Waals surface area contributed by atoms with Gasteiger partial charge >= 0.3 is 5.97 Å². The SMILES string of the molecule is CCCC(NC(=O)COC(=O)c1ccc(Br)cc1)c1ccccc1. The van der Waals surface area contributed by atoms with E-state index in [0.29, 0.717) is 5.56 Å². The number of benzene rings is 2. The first-order chi connectivity index (χ1) is 11.6. The van der Waals surface area contributed by atoms with Crippen molar-refractivity contribution < 1.29 is 14.3 Å². The lowest BCUT2D eigenvalue weighted by atomic mass is 10.0. The molecule has 24 heavy (non-hydrogen) atoms. The number of hydrogen-bond acceptors (Lipinski definition) is 3. The molecule has 2 aromatic rings. The molecule has 5 heteroatoms. The molecule has 2 rings (SSSR count). The smallest absolute Gasteiger partial charge is 0.338 e. The molecule has 1 N–H and O–H groups in total. The molecule has 0 aliphatic heterocycles. The van der Waals surface area contributed by atoms with Gasteiger partial charge in [0.25, 0.3) is 5.91 Å². The summed E-state index contributed by atoms with van der Waals surface area (Å²) >= 11 is 3.30. The monoisotopic (exact) mass is 389 g/mol. The molecule has 0 bridgehead atoms. The highest BCUT2D eigenvalue weighted by atomic mass is 79.9. The third kappa shape index (κ3) is 5.49. The average Bonchev–Trinajstić information content (AvgIpc) is 2.60. The van der Waals surface area contributed by atoms with Crippen molar-refractivity contribution >= 4 is 27.8 Å². The summed E-state index contributed by atoms with van der Waals surface area (Å²) in [4.78, 5) is 24.0. The predicted molar refractivity (Wildman–Crippen MR) is 96.7 cm³/mol. The first-order valence-corrected chi connectivity index (χ1v) is 8.66. The van der Waals surface area contributed by atoms with Crippen LogP contribution in [0, 0.1) is 0 Å². The maximum atomic E-state index is 12.1. The van der Waals surface area contributed by atoms with Gasteiger partial charge in [-0.3, -0.25) is 4.79 Å². The number of esters is 1. The lowest BCUT2D eigenvalue weighted by molar-refractivity contribution is -0.125. The summed E-state index contributed by atoms with van der Waals surface area (Å²) < 4.78 is 5.96.